The molecule has 0 radical (unpaired) electrons. The quantitative estimate of drug-likeness (QED) is 0.632. The highest BCUT2D eigenvalue weighted by Gasteiger charge is 2.16. The third-order valence-corrected chi connectivity index (χ3v) is 4.67. The fourth-order valence-electron chi connectivity index (χ4n) is 2.72. The molecule has 0 heterocycles. The van der Waals surface area contributed by atoms with E-state index in [1.165, 1.54) is 5.69 Å². The SMILES string of the molecule is CCC(CSC)N(C)c1ccc(C(=N)N)c2ccccc12. The molecule has 0 saturated heterocycles. The van der Waals surface area contributed by atoms with E-state index in [-0.39, 0.29) is 5.84 Å². The first kappa shape index (κ1) is 15.7. The van der Waals surface area contributed by atoms with Crippen molar-refractivity contribution in [2.24, 2.45) is 5.73 Å². The molecule has 3 nitrogen and oxygen atoms in total. The highest BCUT2D eigenvalue weighted by molar-refractivity contribution is 7.98. The molecular weight excluding hydrogens is 278 g/mol. The second-order valence-electron chi connectivity index (χ2n) is 5.22. The summed E-state index contributed by atoms with van der Waals surface area (Å²) in [7, 11) is 2.15. The maximum atomic E-state index is 7.74. The Balaban J connectivity index is 2.55. The lowest BCUT2D eigenvalue weighted by atomic mass is 10.0. The minimum atomic E-state index is 0.122. The number of nitrogens with zero attached hydrogens (tertiary/aromatic N) is 1. The van der Waals surface area contributed by atoms with Crippen LogP contribution in [0, 0.1) is 5.41 Å². The zero-order valence-electron chi connectivity index (χ0n) is 12.9. The monoisotopic (exact) mass is 301 g/mol. The van der Waals surface area contributed by atoms with Crippen molar-refractivity contribution < 1.29 is 0 Å². The van der Waals surface area contributed by atoms with Crippen LogP contribution >= 0.6 is 11.8 Å². The van der Waals surface area contributed by atoms with E-state index in [4.69, 9.17) is 11.1 Å². The van der Waals surface area contributed by atoms with Gasteiger partial charge >= 0.3 is 0 Å². The molecule has 2 rings (SSSR count). The van der Waals surface area contributed by atoms with Crippen molar-refractivity contribution in [2.75, 3.05) is 24.0 Å². The van der Waals surface area contributed by atoms with Crippen LogP contribution in [0.5, 0.6) is 0 Å². The lowest BCUT2D eigenvalue weighted by Gasteiger charge is -2.30. The van der Waals surface area contributed by atoms with Crippen molar-refractivity contribution >= 4 is 34.1 Å². The minimum absolute atomic E-state index is 0.122. The van der Waals surface area contributed by atoms with E-state index in [1.54, 1.807) is 0 Å². The summed E-state index contributed by atoms with van der Waals surface area (Å²) < 4.78 is 0. The van der Waals surface area contributed by atoms with Crippen molar-refractivity contribution in [3.63, 3.8) is 0 Å². The van der Waals surface area contributed by atoms with E-state index in [2.05, 4.69) is 37.3 Å². The summed E-state index contributed by atoms with van der Waals surface area (Å²) in [5, 5.41) is 9.95. The lowest BCUT2D eigenvalue weighted by Crippen LogP contribution is -2.33. The Kier molecular flexibility index (Phi) is 5.12. The number of nitrogen functional groups attached to an aromatic ring is 1. The minimum Gasteiger partial charge on any atom is -0.384 e. The van der Waals surface area contributed by atoms with Gasteiger partial charge in [0, 0.05) is 35.5 Å². The van der Waals surface area contributed by atoms with Gasteiger partial charge in [-0.1, -0.05) is 31.2 Å². The molecular formula is C17H23N3S. The zero-order valence-corrected chi connectivity index (χ0v) is 13.7. The predicted octanol–water partition coefficient (Wildman–Crippen LogP) is 3.70. The number of amidine groups is 1. The van der Waals surface area contributed by atoms with Gasteiger partial charge in [-0.05, 0) is 30.2 Å². The molecule has 2 aromatic carbocycles. The van der Waals surface area contributed by atoms with Gasteiger partial charge in [-0.3, -0.25) is 5.41 Å². The van der Waals surface area contributed by atoms with Gasteiger partial charge in [-0.2, -0.15) is 11.8 Å². The normalized spacial score (nSPS) is 12.3. The van der Waals surface area contributed by atoms with Gasteiger partial charge in [0.15, 0.2) is 0 Å². The van der Waals surface area contributed by atoms with Crippen LogP contribution in [0.25, 0.3) is 10.8 Å². The molecule has 1 unspecified atom stereocenters. The molecule has 0 saturated carbocycles. The maximum absolute atomic E-state index is 7.74. The Hall–Kier alpha value is -1.68. The van der Waals surface area contributed by atoms with E-state index in [1.807, 2.05) is 36.0 Å². The first-order chi connectivity index (χ1) is 10.1. The number of thioether (sulfide) groups is 1. The Morgan fingerprint density at radius 1 is 1.24 bits per heavy atom. The first-order valence-electron chi connectivity index (χ1n) is 7.18. The van der Waals surface area contributed by atoms with Crippen molar-refractivity contribution in [3.05, 3.63) is 42.0 Å². The van der Waals surface area contributed by atoms with Crippen LogP contribution in [-0.4, -0.2) is 30.9 Å². The molecule has 21 heavy (non-hydrogen) atoms. The smallest absolute Gasteiger partial charge is 0.123 e. The van der Waals surface area contributed by atoms with E-state index in [9.17, 15) is 0 Å². The predicted molar refractivity (Wildman–Crippen MR) is 95.8 cm³/mol. The van der Waals surface area contributed by atoms with Crippen LogP contribution in [-0.2, 0) is 0 Å². The molecule has 0 aliphatic carbocycles. The fraction of sp³-hybridized carbons (Fsp3) is 0.353. The molecule has 0 spiro atoms. The number of hydrogen-bond donors (Lipinski definition) is 2. The molecule has 3 N–H and O–H groups in total. The largest absolute Gasteiger partial charge is 0.384 e. The molecule has 2 aromatic rings. The average Bonchev–Trinajstić information content (AvgIpc) is 2.50. The molecule has 0 aliphatic rings. The summed E-state index contributed by atoms with van der Waals surface area (Å²) in [5.41, 5.74) is 7.72. The van der Waals surface area contributed by atoms with Crippen LogP contribution < -0.4 is 10.6 Å². The van der Waals surface area contributed by atoms with Crippen molar-refractivity contribution in [1.29, 1.82) is 5.41 Å². The van der Waals surface area contributed by atoms with E-state index < -0.39 is 0 Å². The molecule has 1 atom stereocenters. The summed E-state index contributed by atoms with van der Waals surface area (Å²) in [6.07, 6.45) is 3.26. The number of nitrogens with one attached hydrogen (secondary N) is 1. The summed E-state index contributed by atoms with van der Waals surface area (Å²) in [6.45, 7) is 2.23. The highest BCUT2D eigenvalue weighted by atomic mass is 32.2. The second-order valence-corrected chi connectivity index (χ2v) is 6.13. The van der Waals surface area contributed by atoms with Gasteiger partial charge in [0.25, 0.3) is 0 Å². The molecule has 0 fully saturated rings. The Labute approximate surface area is 131 Å². The van der Waals surface area contributed by atoms with E-state index >= 15 is 0 Å². The first-order valence-corrected chi connectivity index (χ1v) is 8.57. The van der Waals surface area contributed by atoms with Gasteiger partial charge in [0.2, 0.25) is 0 Å². The van der Waals surface area contributed by atoms with Gasteiger partial charge in [-0.15, -0.1) is 0 Å². The molecule has 112 valence electrons. The Bertz CT molecular complexity index is 639. The fourth-order valence-corrected chi connectivity index (χ4v) is 3.56. The molecule has 0 amide bonds. The Morgan fingerprint density at radius 2 is 1.90 bits per heavy atom. The number of fused-ring (bicyclic) bond motifs is 1. The number of anilines is 1. The Morgan fingerprint density at radius 3 is 2.48 bits per heavy atom. The van der Waals surface area contributed by atoms with Crippen LogP contribution in [0.2, 0.25) is 0 Å². The number of hydrogen-bond acceptors (Lipinski definition) is 3. The molecule has 0 bridgehead atoms. The standard InChI is InChI=1S/C17H23N3S/c1-4-12(11-21-3)20(2)16-10-9-15(17(18)19)13-7-5-6-8-14(13)16/h5-10,12H,4,11H2,1-3H3,(H3,18,19). The van der Waals surface area contributed by atoms with Crippen LogP contribution in [0.1, 0.15) is 18.9 Å². The van der Waals surface area contributed by atoms with Gasteiger partial charge in [-0.25, -0.2) is 0 Å². The number of nitrogens with two attached hydrogens (primary N) is 1. The second kappa shape index (κ2) is 6.85. The topological polar surface area (TPSA) is 53.1 Å². The molecule has 4 heteroatoms. The van der Waals surface area contributed by atoms with Crippen LogP contribution in [0.3, 0.4) is 0 Å². The summed E-state index contributed by atoms with van der Waals surface area (Å²) in [6, 6.07) is 12.7. The molecule has 0 aliphatic heterocycles. The van der Waals surface area contributed by atoms with Gasteiger partial charge in [0.05, 0.1) is 0 Å². The van der Waals surface area contributed by atoms with E-state index in [0.717, 1.165) is 28.5 Å². The van der Waals surface area contributed by atoms with Gasteiger partial charge < -0.3 is 10.6 Å². The van der Waals surface area contributed by atoms with Crippen molar-refractivity contribution in [3.8, 4) is 0 Å². The number of benzene rings is 2. The van der Waals surface area contributed by atoms with E-state index in [0.29, 0.717) is 6.04 Å². The summed E-state index contributed by atoms with van der Waals surface area (Å²) in [4.78, 5) is 2.35. The highest BCUT2D eigenvalue weighted by Crippen LogP contribution is 2.30. The molecule has 0 aromatic heterocycles. The number of rotatable bonds is 6. The summed E-state index contributed by atoms with van der Waals surface area (Å²) in [5.74, 6) is 1.23. The third kappa shape index (κ3) is 3.16. The van der Waals surface area contributed by atoms with Gasteiger partial charge in [0.1, 0.15) is 5.84 Å². The average molecular weight is 301 g/mol. The zero-order chi connectivity index (χ0) is 15.4. The van der Waals surface area contributed by atoms with Crippen LogP contribution in [0.15, 0.2) is 36.4 Å². The maximum Gasteiger partial charge on any atom is 0.123 e. The lowest BCUT2D eigenvalue weighted by molar-refractivity contribution is 0.675. The summed E-state index contributed by atoms with van der Waals surface area (Å²) >= 11 is 1.87. The van der Waals surface area contributed by atoms with Crippen molar-refractivity contribution in [2.45, 2.75) is 19.4 Å². The van der Waals surface area contributed by atoms with Crippen molar-refractivity contribution in [1.82, 2.24) is 0 Å². The third-order valence-electron chi connectivity index (χ3n) is 3.95. The van der Waals surface area contributed by atoms with Crippen LogP contribution in [0.4, 0.5) is 5.69 Å².